The Morgan fingerprint density at radius 1 is 0.682 bits per heavy atom. The fraction of sp³-hybridized carbons (Fsp3) is 0.591. The van der Waals surface area contributed by atoms with Crippen LogP contribution in [0.3, 0.4) is 0 Å². The molecule has 0 saturated heterocycles. The minimum Gasteiger partial charge on any atom is -0.481 e. The number of anilines is 1. The smallest absolute Gasteiger partial charge is 0.303 e. The molecule has 0 amide bonds. The molecule has 0 fully saturated rings. The van der Waals surface area contributed by atoms with Crippen LogP contribution in [0.2, 0.25) is 0 Å². The number of rotatable bonds is 32. The number of carboxylic acid groups (broad SMARTS) is 1. The van der Waals surface area contributed by atoms with Crippen LogP contribution in [0.1, 0.15) is 69.9 Å². The first-order valence-electron chi connectivity index (χ1n) is 21.7. The molecule has 4 rings (SSSR count). The first-order valence-corrected chi connectivity index (χ1v) is 26.2. The quantitative estimate of drug-likeness (QED) is 0.0435. The maximum atomic E-state index is 12.4. The predicted octanol–water partition coefficient (Wildman–Crippen LogP) is 4.82. The third kappa shape index (κ3) is 15.4. The Labute approximate surface area is 388 Å². The molecule has 0 radical (unpaired) electrons. The van der Waals surface area contributed by atoms with E-state index in [1.807, 2.05) is 35.5 Å². The van der Waals surface area contributed by atoms with Crippen molar-refractivity contribution in [1.82, 2.24) is 0 Å². The Hall–Kier alpha value is -3.65. The Morgan fingerprint density at radius 3 is 1.80 bits per heavy atom. The zero-order valence-corrected chi connectivity index (χ0v) is 40.5. The van der Waals surface area contributed by atoms with E-state index in [1.54, 1.807) is 32.4 Å². The van der Waals surface area contributed by atoms with Crippen LogP contribution < -0.4 is 4.90 Å². The lowest BCUT2D eigenvalue weighted by molar-refractivity contribution is -0.438. The summed E-state index contributed by atoms with van der Waals surface area (Å²) < 4.78 is 138. The number of hydrogen-bond donors (Lipinski definition) is 4. The number of hydrogen-bond acceptors (Lipinski definition) is 14. The number of ether oxygens (including phenoxy) is 6. The SMILES string of the molecule is COCCOCCOCCOCCOCCN1/C(=C/C=C/C2=[N+](CCCCCC(=O)O)c3ccc(S(=O)(=O)O)cc3C2(C)CCOC)C(C)(CCCS(=O)(=O)O)c2cc(S(=O)(=O)O)ccc21. The van der Waals surface area contributed by atoms with Crippen molar-refractivity contribution in [2.24, 2.45) is 0 Å². The van der Waals surface area contributed by atoms with Crippen molar-refractivity contribution >= 4 is 53.4 Å². The largest absolute Gasteiger partial charge is 0.481 e. The molecule has 2 aromatic rings. The van der Waals surface area contributed by atoms with Crippen LogP contribution in [-0.2, 0) is 74.4 Å². The van der Waals surface area contributed by atoms with Crippen molar-refractivity contribution in [3.63, 3.8) is 0 Å². The molecule has 2 unspecified atom stereocenters. The first-order chi connectivity index (χ1) is 31.2. The standard InChI is InChI=1S/C44H64N2O17S3/c1-43(17-9-31-64(49,50)51)36-32-34(65(52,53)54)14-16-39(36)46(20-22-60-25-26-62-29-30-63-28-27-61-24-23-59-4)40(43)10-8-11-41-44(2,18-21-58-3)37-33-35(66(55,56)57)13-15-38(37)45(41)19-7-5-6-12-42(47)48/h8,10-11,13-16,32-33H,5-7,9,12,17-31H2,1-4H3,(H3-,47,48,49,50,51,52,53,54,55,56,57)/p+1. The minimum atomic E-state index is -4.65. The Morgan fingerprint density at radius 2 is 1.24 bits per heavy atom. The number of nitrogens with zero attached hydrogens (tertiary/aromatic N) is 2. The van der Waals surface area contributed by atoms with E-state index in [0.29, 0.717) is 100 Å². The van der Waals surface area contributed by atoms with E-state index in [-0.39, 0.29) is 62.0 Å². The van der Waals surface area contributed by atoms with Crippen LogP contribution >= 0.6 is 0 Å². The molecule has 4 N–H and O–H groups in total. The zero-order valence-electron chi connectivity index (χ0n) is 38.1. The van der Waals surface area contributed by atoms with Gasteiger partial charge in [0, 0.05) is 74.7 Å². The molecule has 2 heterocycles. The van der Waals surface area contributed by atoms with E-state index in [0.717, 1.165) is 5.71 Å². The summed E-state index contributed by atoms with van der Waals surface area (Å²) in [6, 6.07) is 8.63. The molecule has 2 aromatic carbocycles. The van der Waals surface area contributed by atoms with Gasteiger partial charge in [0.05, 0.1) is 80.4 Å². The Bertz CT molecular complexity index is 2390. The topological polar surface area (TPSA) is 262 Å². The summed E-state index contributed by atoms with van der Waals surface area (Å²) in [6.07, 6.45) is 7.70. The molecule has 370 valence electrons. The third-order valence-electron chi connectivity index (χ3n) is 11.7. The number of benzene rings is 2. The lowest BCUT2D eigenvalue weighted by Gasteiger charge is -2.30. The number of unbranched alkanes of at least 4 members (excludes halogenated alkanes) is 2. The van der Waals surface area contributed by atoms with Gasteiger partial charge < -0.3 is 38.4 Å². The molecule has 22 heteroatoms. The third-order valence-corrected chi connectivity index (χ3v) is 14.2. The van der Waals surface area contributed by atoms with E-state index in [1.165, 1.54) is 24.3 Å². The first kappa shape index (κ1) is 55.0. The highest BCUT2D eigenvalue weighted by Gasteiger charge is 2.48. The summed E-state index contributed by atoms with van der Waals surface area (Å²) in [5, 5.41) is 9.21. The number of allylic oxidation sites excluding steroid dienone is 4. The van der Waals surface area contributed by atoms with Crippen molar-refractivity contribution < 1.29 is 81.8 Å². The second kappa shape index (κ2) is 25.1. The molecular formula is C44H65N2O17S3+. The molecule has 66 heavy (non-hydrogen) atoms. The van der Waals surface area contributed by atoms with E-state index >= 15 is 0 Å². The Balaban J connectivity index is 1.72. The van der Waals surface area contributed by atoms with Gasteiger partial charge in [0.2, 0.25) is 5.69 Å². The molecule has 2 aliphatic rings. The second-order valence-electron chi connectivity index (χ2n) is 16.4. The van der Waals surface area contributed by atoms with Crippen molar-refractivity contribution in [3.8, 4) is 0 Å². The number of aliphatic carboxylic acids is 1. The van der Waals surface area contributed by atoms with Crippen LogP contribution in [0.4, 0.5) is 11.4 Å². The molecule has 2 atom stereocenters. The average Bonchev–Trinajstić information content (AvgIpc) is 3.61. The van der Waals surface area contributed by atoms with E-state index in [9.17, 15) is 48.8 Å². The number of carboxylic acids is 1. The van der Waals surface area contributed by atoms with Crippen LogP contribution in [0, 0.1) is 0 Å². The maximum Gasteiger partial charge on any atom is 0.303 e. The molecule has 0 bridgehead atoms. The molecule has 0 spiro atoms. The van der Waals surface area contributed by atoms with Crippen LogP contribution in [0.15, 0.2) is 70.1 Å². The van der Waals surface area contributed by atoms with E-state index < -0.39 is 52.9 Å². The molecule has 2 aliphatic heterocycles. The van der Waals surface area contributed by atoms with Crippen molar-refractivity contribution in [3.05, 3.63) is 71.5 Å². The van der Waals surface area contributed by atoms with Gasteiger partial charge >= 0.3 is 5.97 Å². The molecular weight excluding hydrogens is 925 g/mol. The monoisotopic (exact) mass is 989 g/mol. The van der Waals surface area contributed by atoms with Gasteiger partial charge in [-0.1, -0.05) is 6.08 Å². The van der Waals surface area contributed by atoms with Gasteiger partial charge in [-0.05, 0) is 87.9 Å². The van der Waals surface area contributed by atoms with Crippen molar-refractivity contribution in [2.45, 2.75) is 79.4 Å². The van der Waals surface area contributed by atoms with Crippen molar-refractivity contribution in [2.75, 3.05) is 104 Å². The summed E-state index contributed by atoms with van der Waals surface area (Å²) in [6.45, 7) is 8.02. The lowest BCUT2D eigenvalue weighted by Crippen LogP contribution is -2.33. The number of carbonyl (C=O) groups is 1. The molecule has 0 saturated carbocycles. The summed E-state index contributed by atoms with van der Waals surface area (Å²) in [4.78, 5) is 12.5. The summed E-state index contributed by atoms with van der Waals surface area (Å²) in [7, 11) is -10.4. The van der Waals surface area contributed by atoms with Crippen LogP contribution in [0.5, 0.6) is 0 Å². The van der Waals surface area contributed by atoms with Gasteiger partial charge in [-0.3, -0.25) is 18.5 Å². The average molecular weight is 990 g/mol. The second-order valence-corrected chi connectivity index (χ2v) is 20.8. The van der Waals surface area contributed by atoms with Crippen LogP contribution in [-0.4, -0.2) is 159 Å². The zero-order chi connectivity index (χ0) is 48.6. The number of methoxy groups -OCH3 is 2. The van der Waals surface area contributed by atoms with Crippen LogP contribution in [0.25, 0.3) is 0 Å². The molecule has 0 aliphatic carbocycles. The molecule has 0 aromatic heterocycles. The fourth-order valence-corrected chi connectivity index (χ4v) is 9.84. The normalized spacial score (nSPS) is 19.4. The van der Waals surface area contributed by atoms with E-state index in [4.69, 9.17) is 28.4 Å². The van der Waals surface area contributed by atoms with Gasteiger partial charge in [-0.15, -0.1) is 0 Å². The lowest BCUT2D eigenvalue weighted by atomic mass is 9.76. The minimum absolute atomic E-state index is 0.00824. The number of fused-ring (bicyclic) bond motifs is 2. The summed E-state index contributed by atoms with van der Waals surface area (Å²) in [5.74, 6) is -1.46. The highest BCUT2D eigenvalue weighted by Crippen LogP contribution is 2.51. The van der Waals surface area contributed by atoms with Gasteiger partial charge in [0.25, 0.3) is 30.4 Å². The highest BCUT2D eigenvalue weighted by molar-refractivity contribution is 7.86. The van der Waals surface area contributed by atoms with Gasteiger partial charge in [-0.25, -0.2) is 0 Å². The summed E-state index contributed by atoms with van der Waals surface area (Å²) in [5.41, 5.74) is 1.87. The molecule has 19 nitrogen and oxygen atoms in total. The maximum absolute atomic E-state index is 12.4. The fourth-order valence-electron chi connectivity index (χ4n) is 8.32. The highest BCUT2D eigenvalue weighted by atomic mass is 32.2. The van der Waals surface area contributed by atoms with E-state index in [2.05, 4.69) is 0 Å². The van der Waals surface area contributed by atoms with Gasteiger partial charge in [0.15, 0.2) is 5.71 Å². The Kier molecular flexibility index (Phi) is 20.9. The van der Waals surface area contributed by atoms with Gasteiger partial charge in [-0.2, -0.15) is 29.8 Å². The summed E-state index contributed by atoms with van der Waals surface area (Å²) >= 11 is 0. The van der Waals surface area contributed by atoms with Gasteiger partial charge in [0.1, 0.15) is 6.54 Å². The predicted molar refractivity (Wildman–Crippen MR) is 245 cm³/mol. The van der Waals surface area contributed by atoms with Crippen molar-refractivity contribution in [1.29, 1.82) is 0 Å².